The summed E-state index contributed by atoms with van der Waals surface area (Å²) in [5.41, 5.74) is 1.58. The molecule has 1 aromatic rings. The molecule has 16 heavy (non-hydrogen) atoms. The van der Waals surface area contributed by atoms with Crippen molar-refractivity contribution in [2.24, 2.45) is 0 Å². The van der Waals surface area contributed by atoms with E-state index in [9.17, 15) is 9.90 Å². The quantitative estimate of drug-likeness (QED) is 0.855. The molecule has 0 spiro atoms. The fourth-order valence-electron chi connectivity index (χ4n) is 2.25. The van der Waals surface area contributed by atoms with Crippen molar-refractivity contribution in [3.63, 3.8) is 0 Å². The van der Waals surface area contributed by atoms with Crippen molar-refractivity contribution in [1.82, 2.24) is 4.90 Å². The number of fused-ring (bicyclic) bond motifs is 1. The van der Waals surface area contributed by atoms with Gasteiger partial charge in [-0.15, -0.1) is 12.4 Å². The van der Waals surface area contributed by atoms with E-state index < -0.39 is 11.5 Å². The highest BCUT2D eigenvalue weighted by Gasteiger charge is 2.45. The van der Waals surface area contributed by atoms with Crippen LogP contribution in [0.5, 0.6) is 0 Å². The normalized spacial score (nSPS) is 16.7. The summed E-state index contributed by atoms with van der Waals surface area (Å²) < 4.78 is 0. The second kappa shape index (κ2) is 4.44. The van der Waals surface area contributed by atoms with Crippen LogP contribution in [-0.4, -0.2) is 35.6 Å². The second-order valence-electron chi connectivity index (χ2n) is 4.35. The number of hydrogen-bond acceptors (Lipinski definition) is 2. The third-order valence-corrected chi connectivity index (χ3v) is 3.34. The van der Waals surface area contributed by atoms with E-state index >= 15 is 0 Å². The molecular formula is C12H16ClNO2. The number of rotatable bonds is 2. The minimum Gasteiger partial charge on any atom is -0.480 e. The molecule has 0 radical (unpaired) electrons. The van der Waals surface area contributed by atoms with E-state index in [1.165, 1.54) is 0 Å². The predicted molar refractivity (Wildman–Crippen MR) is 65.2 cm³/mol. The van der Waals surface area contributed by atoms with E-state index in [-0.39, 0.29) is 12.4 Å². The summed E-state index contributed by atoms with van der Waals surface area (Å²) in [6.45, 7) is 0. The molecule has 0 aromatic heterocycles. The van der Waals surface area contributed by atoms with Crippen LogP contribution < -0.4 is 0 Å². The van der Waals surface area contributed by atoms with Crippen LogP contribution in [0, 0.1) is 0 Å². The van der Waals surface area contributed by atoms with E-state index in [1.54, 1.807) is 0 Å². The van der Waals surface area contributed by atoms with Crippen molar-refractivity contribution in [1.29, 1.82) is 0 Å². The van der Waals surface area contributed by atoms with Crippen molar-refractivity contribution in [3.8, 4) is 0 Å². The predicted octanol–water partition coefficient (Wildman–Crippen LogP) is 1.59. The zero-order valence-corrected chi connectivity index (χ0v) is 10.3. The largest absolute Gasteiger partial charge is 0.480 e. The van der Waals surface area contributed by atoms with Gasteiger partial charge in [0, 0.05) is 12.8 Å². The van der Waals surface area contributed by atoms with E-state index in [4.69, 9.17) is 0 Å². The molecule has 1 aliphatic carbocycles. The highest BCUT2D eigenvalue weighted by atomic mass is 35.5. The van der Waals surface area contributed by atoms with Gasteiger partial charge in [0.2, 0.25) is 0 Å². The van der Waals surface area contributed by atoms with E-state index in [0.717, 1.165) is 11.1 Å². The molecule has 1 N–H and O–H groups in total. The van der Waals surface area contributed by atoms with Gasteiger partial charge in [-0.2, -0.15) is 0 Å². The first kappa shape index (κ1) is 13.0. The first-order chi connectivity index (χ1) is 7.06. The van der Waals surface area contributed by atoms with Gasteiger partial charge in [-0.25, -0.2) is 0 Å². The Labute approximate surface area is 101 Å². The molecule has 0 atom stereocenters. The monoisotopic (exact) mass is 241 g/mol. The van der Waals surface area contributed by atoms with E-state index in [1.807, 2.05) is 43.3 Å². The molecule has 1 aromatic carbocycles. The van der Waals surface area contributed by atoms with Crippen molar-refractivity contribution >= 4 is 18.4 Å². The summed E-state index contributed by atoms with van der Waals surface area (Å²) in [6.07, 6.45) is 1.21. The maximum Gasteiger partial charge on any atom is 0.324 e. The Hall–Kier alpha value is -1.06. The molecule has 0 aliphatic heterocycles. The molecule has 0 unspecified atom stereocenters. The fourth-order valence-corrected chi connectivity index (χ4v) is 2.25. The van der Waals surface area contributed by atoms with Crippen LogP contribution in [0.3, 0.4) is 0 Å². The third kappa shape index (κ3) is 1.81. The minimum absolute atomic E-state index is 0. The fraction of sp³-hybridized carbons (Fsp3) is 0.417. The van der Waals surface area contributed by atoms with Crippen LogP contribution in [0.25, 0.3) is 0 Å². The number of nitrogens with zero attached hydrogens (tertiary/aromatic N) is 1. The number of aliphatic carboxylic acids is 1. The highest BCUT2D eigenvalue weighted by molar-refractivity contribution is 5.85. The molecule has 0 saturated carbocycles. The SMILES string of the molecule is CN(C)C1(C(=O)O)Cc2ccccc2C1.Cl. The standard InChI is InChI=1S/C12H15NO2.ClH/c1-13(2)12(11(14)15)7-9-5-3-4-6-10(9)8-12;/h3-6H,7-8H2,1-2H3,(H,14,15);1H. The highest BCUT2D eigenvalue weighted by Crippen LogP contribution is 2.33. The van der Waals surface area contributed by atoms with Crippen LogP contribution in [-0.2, 0) is 17.6 Å². The Balaban J connectivity index is 0.00000128. The van der Waals surface area contributed by atoms with Gasteiger partial charge < -0.3 is 5.11 Å². The van der Waals surface area contributed by atoms with Gasteiger partial charge in [0.05, 0.1) is 0 Å². The van der Waals surface area contributed by atoms with Crippen LogP contribution in [0.15, 0.2) is 24.3 Å². The van der Waals surface area contributed by atoms with Gasteiger partial charge in [-0.1, -0.05) is 24.3 Å². The van der Waals surface area contributed by atoms with Crippen molar-refractivity contribution in [2.75, 3.05) is 14.1 Å². The molecule has 0 fully saturated rings. The Morgan fingerprint density at radius 2 is 1.69 bits per heavy atom. The number of carboxylic acids is 1. The summed E-state index contributed by atoms with van der Waals surface area (Å²) >= 11 is 0. The molecule has 0 heterocycles. The Morgan fingerprint density at radius 1 is 1.25 bits per heavy atom. The number of hydrogen-bond donors (Lipinski definition) is 1. The summed E-state index contributed by atoms with van der Waals surface area (Å²) in [5.74, 6) is -0.733. The number of carbonyl (C=O) groups is 1. The molecule has 0 amide bonds. The molecule has 2 rings (SSSR count). The summed E-state index contributed by atoms with van der Waals surface area (Å²) in [4.78, 5) is 13.2. The lowest BCUT2D eigenvalue weighted by atomic mass is 9.94. The van der Waals surface area contributed by atoms with Crippen molar-refractivity contribution in [3.05, 3.63) is 35.4 Å². The number of halogens is 1. The third-order valence-electron chi connectivity index (χ3n) is 3.34. The van der Waals surface area contributed by atoms with Gasteiger partial charge in [0.1, 0.15) is 5.54 Å². The van der Waals surface area contributed by atoms with Crippen LogP contribution in [0.2, 0.25) is 0 Å². The zero-order valence-electron chi connectivity index (χ0n) is 9.43. The van der Waals surface area contributed by atoms with Crippen molar-refractivity contribution in [2.45, 2.75) is 18.4 Å². The first-order valence-corrected chi connectivity index (χ1v) is 5.04. The average molecular weight is 242 g/mol. The van der Waals surface area contributed by atoms with Gasteiger partial charge >= 0.3 is 5.97 Å². The van der Waals surface area contributed by atoms with Crippen LogP contribution >= 0.6 is 12.4 Å². The lowest BCUT2D eigenvalue weighted by molar-refractivity contribution is -0.149. The maximum atomic E-state index is 11.4. The van der Waals surface area contributed by atoms with Gasteiger partial charge in [0.25, 0.3) is 0 Å². The molecule has 1 aliphatic rings. The molecule has 0 saturated heterocycles. The molecule has 3 nitrogen and oxygen atoms in total. The lowest BCUT2D eigenvalue weighted by Crippen LogP contribution is -2.52. The minimum atomic E-state index is -0.746. The Kier molecular flexibility index (Phi) is 3.61. The average Bonchev–Trinajstić information content (AvgIpc) is 2.57. The molecule has 0 bridgehead atoms. The molecule has 88 valence electrons. The number of benzene rings is 1. The van der Waals surface area contributed by atoms with Gasteiger partial charge in [0.15, 0.2) is 0 Å². The summed E-state index contributed by atoms with van der Waals surface area (Å²) in [5, 5.41) is 9.36. The first-order valence-electron chi connectivity index (χ1n) is 5.04. The van der Waals surface area contributed by atoms with Crippen LogP contribution in [0.4, 0.5) is 0 Å². The van der Waals surface area contributed by atoms with Gasteiger partial charge in [-0.3, -0.25) is 9.69 Å². The zero-order chi connectivity index (χ0) is 11.1. The summed E-state index contributed by atoms with van der Waals surface area (Å²) in [6, 6.07) is 7.96. The number of carboxylic acid groups (broad SMARTS) is 1. The molecule has 4 heteroatoms. The summed E-state index contributed by atoms with van der Waals surface area (Å²) in [7, 11) is 3.67. The smallest absolute Gasteiger partial charge is 0.324 e. The van der Waals surface area contributed by atoms with E-state index in [2.05, 4.69) is 0 Å². The van der Waals surface area contributed by atoms with E-state index in [0.29, 0.717) is 12.8 Å². The second-order valence-corrected chi connectivity index (χ2v) is 4.35. The Morgan fingerprint density at radius 3 is 2.00 bits per heavy atom. The topological polar surface area (TPSA) is 40.5 Å². The number of likely N-dealkylation sites (N-methyl/N-ethyl adjacent to an activating group) is 1. The lowest BCUT2D eigenvalue weighted by Gasteiger charge is -2.31. The Bertz CT molecular complexity index is 379. The van der Waals surface area contributed by atoms with Gasteiger partial charge in [-0.05, 0) is 25.2 Å². The van der Waals surface area contributed by atoms with Crippen LogP contribution in [0.1, 0.15) is 11.1 Å². The van der Waals surface area contributed by atoms with Crippen molar-refractivity contribution < 1.29 is 9.90 Å². The molecular weight excluding hydrogens is 226 g/mol. The maximum absolute atomic E-state index is 11.4.